The van der Waals surface area contributed by atoms with Gasteiger partial charge >= 0.3 is 108 Å². The first-order valence-corrected chi connectivity index (χ1v) is 9.00. The third-order valence-corrected chi connectivity index (χ3v) is 6.12. The van der Waals surface area contributed by atoms with Gasteiger partial charge in [0.25, 0.3) is 0 Å². The van der Waals surface area contributed by atoms with Crippen molar-refractivity contribution in [2.45, 2.75) is 35.5 Å². The van der Waals surface area contributed by atoms with Gasteiger partial charge in [0.05, 0.1) is 0 Å². The predicted molar refractivity (Wildman–Crippen MR) is 69.0 cm³/mol. The number of ether oxygens (including phenoxy) is 1. The molecule has 0 bridgehead atoms. The summed E-state index contributed by atoms with van der Waals surface area (Å²) in [6.07, 6.45) is 1.97. The number of para-hydroxylation sites is 1. The summed E-state index contributed by atoms with van der Waals surface area (Å²) in [4.78, 5) is 0. The topological polar surface area (TPSA) is 49.7 Å². The molecule has 3 unspecified atom stereocenters. The number of rotatable bonds is 5. The molecule has 3 nitrogen and oxygen atoms in total. The van der Waals surface area contributed by atoms with Gasteiger partial charge in [-0.25, -0.2) is 0 Å². The van der Waals surface area contributed by atoms with Gasteiger partial charge in [-0.15, -0.1) is 0 Å². The van der Waals surface area contributed by atoms with E-state index in [1.54, 1.807) is 0 Å². The van der Waals surface area contributed by atoms with Gasteiger partial charge in [0.15, 0.2) is 0 Å². The molecule has 0 fully saturated rings. The Kier molecular flexibility index (Phi) is 4.90. The second-order valence-electron chi connectivity index (χ2n) is 4.38. The van der Waals surface area contributed by atoms with Gasteiger partial charge in [-0.1, -0.05) is 0 Å². The third-order valence-electron chi connectivity index (χ3n) is 2.96. The van der Waals surface area contributed by atoms with Crippen molar-refractivity contribution in [3.63, 3.8) is 0 Å². The fourth-order valence-electron chi connectivity index (χ4n) is 2.00. The Morgan fingerprint density at radius 1 is 1.41 bits per heavy atom. The molecule has 94 valence electrons. The van der Waals surface area contributed by atoms with Crippen LogP contribution < -0.4 is 4.74 Å². The molecule has 1 aromatic carbocycles. The van der Waals surface area contributed by atoms with Crippen LogP contribution in [0.2, 0.25) is 10.4 Å². The van der Waals surface area contributed by atoms with Crippen LogP contribution in [0.15, 0.2) is 24.3 Å². The Balaban J connectivity index is 1.78. The van der Waals surface area contributed by atoms with Crippen LogP contribution in [0.3, 0.4) is 0 Å². The minimum atomic E-state index is -0.522. The van der Waals surface area contributed by atoms with Crippen molar-refractivity contribution in [3.05, 3.63) is 29.8 Å². The summed E-state index contributed by atoms with van der Waals surface area (Å²) in [5.74, 6) is 1.03. The molecule has 0 aliphatic carbocycles. The molecule has 17 heavy (non-hydrogen) atoms. The van der Waals surface area contributed by atoms with Gasteiger partial charge in [-0.3, -0.25) is 0 Å². The first kappa shape index (κ1) is 12.9. The van der Waals surface area contributed by atoms with Gasteiger partial charge in [0, 0.05) is 0 Å². The van der Waals surface area contributed by atoms with Crippen molar-refractivity contribution in [3.8, 4) is 5.75 Å². The van der Waals surface area contributed by atoms with Crippen LogP contribution in [0, 0.1) is 0 Å². The maximum absolute atomic E-state index is 9.29. The zero-order chi connectivity index (χ0) is 12.1. The molecule has 2 N–H and O–H groups in total. The van der Waals surface area contributed by atoms with E-state index in [1.807, 2.05) is 18.2 Å². The Labute approximate surface area is 108 Å². The number of aryl methyl sites for hydroxylation is 1. The Morgan fingerprint density at radius 3 is 3.06 bits per heavy atom. The van der Waals surface area contributed by atoms with Crippen LogP contribution in [0.4, 0.5) is 0 Å². The Hall–Kier alpha value is -0.502. The molecule has 0 aromatic heterocycles. The zero-order valence-corrected chi connectivity index (χ0v) is 11.9. The molecular weight excluding hydrogens is 279 g/mol. The van der Waals surface area contributed by atoms with E-state index >= 15 is 0 Å². The van der Waals surface area contributed by atoms with Crippen LogP contribution in [0.25, 0.3) is 0 Å². The number of fused-ring (bicyclic) bond motifs is 1. The van der Waals surface area contributed by atoms with Gasteiger partial charge in [-0.05, 0) is 0 Å². The van der Waals surface area contributed by atoms with Crippen LogP contribution in [0.5, 0.6) is 5.75 Å². The van der Waals surface area contributed by atoms with Crippen molar-refractivity contribution in [2.24, 2.45) is 0 Å². The van der Waals surface area contributed by atoms with Gasteiger partial charge in [0.2, 0.25) is 0 Å². The van der Waals surface area contributed by atoms with E-state index in [-0.39, 0.29) is 22.4 Å². The first-order chi connectivity index (χ1) is 8.29. The summed E-state index contributed by atoms with van der Waals surface area (Å²) in [6.45, 7) is -0.113. The standard InChI is InChI=1S/C13H19AsO3/c15-9-11(16)7-14-8-12-6-5-10-3-1-2-4-13(10)17-12/h1-4,11-12,14-16H,5-9H2. The normalized spacial score (nSPS) is 21.2. The van der Waals surface area contributed by atoms with Gasteiger partial charge < -0.3 is 0 Å². The molecule has 3 atom stereocenters. The Morgan fingerprint density at radius 2 is 2.24 bits per heavy atom. The van der Waals surface area contributed by atoms with Crippen LogP contribution in [0.1, 0.15) is 12.0 Å². The molecule has 2 rings (SSSR count). The van der Waals surface area contributed by atoms with Crippen molar-refractivity contribution in [1.29, 1.82) is 0 Å². The summed E-state index contributed by atoms with van der Waals surface area (Å²) in [6, 6.07) is 8.21. The minimum absolute atomic E-state index is 0.113. The summed E-state index contributed by atoms with van der Waals surface area (Å²) in [5.41, 5.74) is 1.30. The quantitative estimate of drug-likeness (QED) is 0.798. The van der Waals surface area contributed by atoms with Crippen LogP contribution in [-0.2, 0) is 6.42 Å². The molecule has 4 heteroatoms. The van der Waals surface area contributed by atoms with E-state index in [4.69, 9.17) is 9.84 Å². The monoisotopic (exact) mass is 298 g/mol. The SMILES string of the molecule is OCC(O)C[AsH]CC1CCc2ccccc2O1. The molecule has 0 saturated carbocycles. The van der Waals surface area contributed by atoms with Crippen LogP contribution in [-0.4, -0.2) is 44.8 Å². The van der Waals surface area contributed by atoms with Gasteiger partial charge in [-0.2, -0.15) is 0 Å². The number of hydrogen-bond donors (Lipinski definition) is 2. The Bertz CT molecular complexity index is 356. The summed E-state index contributed by atoms with van der Waals surface area (Å²) in [7, 11) is 0. The number of benzene rings is 1. The molecule has 1 heterocycles. The van der Waals surface area contributed by atoms with E-state index in [0.717, 1.165) is 29.0 Å². The van der Waals surface area contributed by atoms with Crippen molar-refractivity contribution in [2.75, 3.05) is 6.61 Å². The van der Waals surface area contributed by atoms with Crippen molar-refractivity contribution >= 4 is 15.8 Å². The average Bonchev–Trinajstić information content (AvgIpc) is 2.38. The van der Waals surface area contributed by atoms with E-state index < -0.39 is 6.10 Å². The fraction of sp³-hybridized carbons (Fsp3) is 0.538. The molecular formula is C13H19AsO3. The van der Waals surface area contributed by atoms with E-state index in [1.165, 1.54) is 5.56 Å². The summed E-state index contributed by atoms with van der Waals surface area (Å²) >= 11 is -0.205. The van der Waals surface area contributed by atoms with Crippen molar-refractivity contribution in [1.82, 2.24) is 0 Å². The third kappa shape index (κ3) is 3.73. The molecule has 0 amide bonds. The number of aliphatic hydroxyl groups excluding tert-OH is 2. The maximum atomic E-state index is 9.29. The molecule has 0 saturated heterocycles. The molecule has 1 aromatic rings. The van der Waals surface area contributed by atoms with E-state index in [9.17, 15) is 5.11 Å². The first-order valence-electron chi connectivity index (χ1n) is 6.04. The summed E-state index contributed by atoms with van der Waals surface area (Å²) in [5, 5.41) is 19.9. The number of aliphatic hydroxyl groups is 2. The number of hydrogen-bond acceptors (Lipinski definition) is 3. The molecule has 0 spiro atoms. The summed E-state index contributed by atoms with van der Waals surface area (Å²) < 4.78 is 5.93. The second kappa shape index (κ2) is 6.44. The molecule has 1 aliphatic heterocycles. The molecule has 0 radical (unpaired) electrons. The van der Waals surface area contributed by atoms with Crippen molar-refractivity contribution < 1.29 is 14.9 Å². The zero-order valence-electron chi connectivity index (χ0n) is 9.80. The fourth-order valence-corrected chi connectivity index (χ4v) is 4.60. The predicted octanol–water partition coefficient (Wildman–Crippen LogP) is 1.01. The van der Waals surface area contributed by atoms with E-state index in [2.05, 4.69) is 6.07 Å². The molecule has 1 aliphatic rings. The second-order valence-corrected chi connectivity index (χ2v) is 7.14. The van der Waals surface area contributed by atoms with Gasteiger partial charge in [0.1, 0.15) is 0 Å². The van der Waals surface area contributed by atoms with E-state index in [0.29, 0.717) is 6.10 Å². The van der Waals surface area contributed by atoms with Crippen LogP contribution >= 0.6 is 0 Å². The average molecular weight is 298 g/mol.